The second kappa shape index (κ2) is 5.91. The van der Waals surface area contributed by atoms with Crippen LogP contribution in [0.5, 0.6) is 0 Å². The number of alkyl halides is 1. The number of esters is 1. The molecule has 1 atom stereocenters. The summed E-state index contributed by atoms with van der Waals surface area (Å²) in [4.78, 5) is 10.8. The normalized spacial score (nSPS) is 12.7. The number of hydrogen-bond acceptors (Lipinski definition) is 3. The highest BCUT2D eigenvalue weighted by molar-refractivity contribution is 14.1. The molecule has 0 heterocycles. The third-order valence-electron chi connectivity index (χ3n) is 0.785. The molecule has 0 aromatic heterocycles. The molecule has 0 saturated heterocycles. The fraction of sp³-hybridized carbons (Fsp3) is 0.833. The molecule has 0 aliphatic carbocycles. The van der Waals surface area contributed by atoms with Gasteiger partial charge in [-0.05, 0) is 36.4 Å². The Labute approximate surface area is 74.2 Å². The van der Waals surface area contributed by atoms with E-state index in [9.17, 15) is 4.79 Å². The molecular formula is C6H11IO3. The van der Waals surface area contributed by atoms with Crippen LogP contribution in [0.3, 0.4) is 0 Å². The number of rotatable bonds is 4. The number of ether oxygens (including phenoxy) is 2. The quantitative estimate of drug-likeness (QED) is 0.433. The summed E-state index contributed by atoms with van der Waals surface area (Å²) < 4.78 is 9.20. The van der Waals surface area contributed by atoms with E-state index in [0.29, 0.717) is 13.2 Å². The van der Waals surface area contributed by atoms with Gasteiger partial charge in [-0.25, -0.2) is 4.79 Å². The first-order chi connectivity index (χ1) is 4.72. The summed E-state index contributed by atoms with van der Waals surface area (Å²) in [5, 5.41) is 0. The van der Waals surface area contributed by atoms with Gasteiger partial charge in [0.05, 0.1) is 6.61 Å². The summed E-state index contributed by atoms with van der Waals surface area (Å²) in [5.74, 6) is -0.301. The van der Waals surface area contributed by atoms with Crippen LogP contribution in [-0.2, 0) is 14.3 Å². The Bertz CT molecular complexity index is 105. The molecule has 0 aliphatic heterocycles. The fourth-order valence-electron chi connectivity index (χ4n) is 0.422. The highest BCUT2D eigenvalue weighted by atomic mass is 127. The molecule has 0 radical (unpaired) electrons. The van der Waals surface area contributed by atoms with Gasteiger partial charge in [0.1, 0.15) is 0 Å². The summed E-state index contributed by atoms with van der Waals surface area (Å²) in [6.07, 6.45) is 0. The van der Waals surface area contributed by atoms with E-state index >= 15 is 0 Å². The van der Waals surface area contributed by atoms with Crippen LogP contribution in [0.25, 0.3) is 0 Å². The SMILES string of the molecule is CCOC(=O)C(I)OCC. The van der Waals surface area contributed by atoms with Crippen LogP contribution in [0, 0.1) is 0 Å². The molecule has 0 aromatic rings. The molecule has 0 aromatic carbocycles. The molecule has 0 fully saturated rings. The summed E-state index contributed by atoms with van der Waals surface area (Å²) in [7, 11) is 0. The van der Waals surface area contributed by atoms with Gasteiger partial charge in [-0.15, -0.1) is 0 Å². The summed E-state index contributed by atoms with van der Waals surface area (Å²) in [5.41, 5.74) is 0. The zero-order valence-electron chi connectivity index (χ0n) is 6.09. The van der Waals surface area contributed by atoms with Crippen molar-refractivity contribution in [3.05, 3.63) is 0 Å². The fourth-order valence-corrected chi connectivity index (χ4v) is 0.962. The maximum absolute atomic E-state index is 10.8. The van der Waals surface area contributed by atoms with Crippen molar-refractivity contribution < 1.29 is 14.3 Å². The standard InChI is InChI=1S/C6H11IO3/c1-3-9-5(7)6(8)10-4-2/h5H,3-4H2,1-2H3. The predicted molar refractivity (Wildman–Crippen MR) is 46.1 cm³/mol. The number of halogens is 1. The van der Waals surface area contributed by atoms with Gasteiger partial charge in [0.2, 0.25) is 4.11 Å². The minimum atomic E-state index is -0.456. The number of carbonyl (C=O) groups is 1. The third-order valence-corrected chi connectivity index (χ3v) is 1.65. The molecule has 0 bridgehead atoms. The van der Waals surface area contributed by atoms with Crippen molar-refractivity contribution in [1.82, 2.24) is 0 Å². The van der Waals surface area contributed by atoms with Crippen molar-refractivity contribution in [2.75, 3.05) is 13.2 Å². The van der Waals surface area contributed by atoms with E-state index in [1.54, 1.807) is 6.92 Å². The van der Waals surface area contributed by atoms with Gasteiger partial charge in [0.25, 0.3) is 0 Å². The Balaban J connectivity index is 3.49. The molecule has 0 rings (SSSR count). The van der Waals surface area contributed by atoms with Crippen LogP contribution in [-0.4, -0.2) is 23.3 Å². The van der Waals surface area contributed by atoms with Gasteiger partial charge >= 0.3 is 5.97 Å². The molecule has 0 saturated carbocycles. The molecule has 1 unspecified atom stereocenters. The van der Waals surface area contributed by atoms with Crippen LogP contribution in [0.15, 0.2) is 0 Å². The van der Waals surface area contributed by atoms with Crippen molar-refractivity contribution in [2.24, 2.45) is 0 Å². The molecule has 4 heteroatoms. The minimum absolute atomic E-state index is 0.301. The van der Waals surface area contributed by atoms with Crippen LogP contribution < -0.4 is 0 Å². The zero-order chi connectivity index (χ0) is 7.98. The third kappa shape index (κ3) is 4.05. The predicted octanol–water partition coefficient (Wildman–Crippen LogP) is 1.35. The van der Waals surface area contributed by atoms with Crippen LogP contribution in [0.2, 0.25) is 0 Å². The van der Waals surface area contributed by atoms with Crippen molar-refractivity contribution >= 4 is 28.6 Å². The topological polar surface area (TPSA) is 35.5 Å². The average Bonchev–Trinajstić information content (AvgIpc) is 1.89. The molecule has 0 aliphatic rings. The molecule has 0 spiro atoms. The first-order valence-corrected chi connectivity index (χ1v) is 4.39. The number of carbonyl (C=O) groups excluding carboxylic acids is 1. The molecule has 10 heavy (non-hydrogen) atoms. The van der Waals surface area contributed by atoms with E-state index in [2.05, 4.69) is 4.74 Å². The van der Waals surface area contributed by atoms with E-state index in [4.69, 9.17) is 4.74 Å². The first-order valence-electron chi connectivity index (χ1n) is 3.14. The van der Waals surface area contributed by atoms with E-state index in [1.165, 1.54) is 0 Å². The highest BCUT2D eigenvalue weighted by Gasteiger charge is 2.14. The van der Waals surface area contributed by atoms with Gasteiger partial charge in [0, 0.05) is 6.61 Å². The Morgan fingerprint density at radius 3 is 2.50 bits per heavy atom. The lowest BCUT2D eigenvalue weighted by molar-refractivity contribution is -0.149. The first kappa shape index (κ1) is 10.2. The van der Waals surface area contributed by atoms with E-state index in [-0.39, 0.29) is 5.97 Å². The molecular weight excluding hydrogens is 247 g/mol. The Hall–Kier alpha value is 0.160. The highest BCUT2D eigenvalue weighted by Crippen LogP contribution is 2.04. The van der Waals surface area contributed by atoms with Gasteiger partial charge < -0.3 is 9.47 Å². The van der Waals surface area contributed by atoms with Crippen molar-refractivity contribution in [1.29, 1.82) is 0 Å². The molecule has 0 amide bonds. The molecule has 3 nitrogen and oxygen atoms in total. The largest absolute Gasteiger partial charge is 0.463 e. The van der Waals surface area contributed by atoms with Crippen LogP contribution in [0.4, 0.5) is 0 Å². The van der Waals surface area contributed by atoms with E-state index < -0.39 is 4.11 Å². The Kier molecular flexibility index (Phi) is 6.00. The lowest BCUT2D eigenvalue weighted by Crippen LogP contribution is -2.20. The molecule has 60 valence electrons. The van der Waals surface area contributed by atoms with Crippen molar-refractivity contribution in [3.63, 3.8) is 0 Å². The number of hydrogen-bond donors (Lipinski definition) is 0. The lowest BCUT2D eigenvalue weighted by atomic mass is 10.7. The maximum atomic E-state index is 10.8. The maximum Gasteiger partial charge on any atom is 0.345 e. The summed E-state index contributed by atoms with van der Waals surface area (Å²) in [6, 6.07) is 0. The minimum Gasteiger partial charge on any atom is -0.463 e. The lowest BCUT2D eigenvalue weighted by Gasteiger charge is -2.07. The van der Waals surface area contributed by atoms with Crippen molar-refractivity contribution in [3.8, 4) is 0 Å². The van der Waals surface area contributed by atoms with Gasteiger partial charge in [-0.1, -0.05) is 0 Å². The van der Waals surface area contributed by atoms with Crippen LogP contribution in [0.1, 0.15) is 13.8 Å². The van der Waals surface area contributed by atoms with Gasteiger partial charge in [-0.2, -0.15) is 0 Å². The second-order valence-electron chi connectivity index (χ2n) is 1.52. The smallest absolute Gasteiger partial charge is 0.345 e. The van der Waals surface area contributed by atoms with Crippen LogP contribution >= 0.6 is 22.6 Å². The van der Waals surface area contributed by atoms with E-state index in [1.807, 2.05) is 29.5 Å². The zero-order valence-corrected chi connectivity index (χ0v) is 8.25. The summed E-state index contributed by atoms with van der Waals surface area (Å²) in [6.45, 7) is 4.55. The van der Waals surface area contributed by atoms with E-state index in [0.717, 1.165) is 0 Å². The summed E-state index contributed by atoms with van der Waals surface area (Å²) >= 11 is 1.89. The Morgan fingerprint density at radius 2 is 2.10 bits per heavy atom. The Morgan fingerprint density at radius 1 is 1.50 bits per heavy atom. The van der Waals surface area contributed by atoms with Gasteiger partial charge in [0.15, 0.2) is 0 Å². The van der Waals surface area contributed by atoms with Gasteiger partial charge in [-0.3, -0.25) is 0 Å². The average molecular weight is 258 g/mol. The monoisotopic (exact) mass is 258 g/mol. The molecule has 0 N–H and O–H groups in total. The van der Waals surface area contributed by atoms with Crippen molar-refractivity contribution in [2.45, 2.75) is 18.0 Å². The second-order valence-corrected chi connectivity index (χ2v) is 2.65.